The summed E-state index contributed by atoms with van der Waals surface area (Å²) >= 11 is 4.22. The van der Waals surface area contributed by atoms with Gasteiger partial charge in [0.25, 0.3) is 0 Å². The molecule has 4 heteroatoms. The first-order valence-corrected chi connectivity index (χ1v) is 3.88. The topological polar surface area (TPSA) is 35.3 Å². The van der Waals surface area contributed by atoms with Crippen molar-refractivity contribution >= 4 is 23.7 Å². The highest BCUT2D eigenvalue weighted by molar-refractivity contribution is 7.80. The molecular weight excluding hydrogens is 174 g/mol. The zero-order chi connectivity index (χ0) is 8.55. The fraction of sp³-hybridized carbons (Fsp3) is 0.125. The Bertz CT molecular complexity index is 410. The Kier molecular flexibility index (Phi) is 1.69. The lowest BCUT2D eigenvalue weighted by Gasteiger charge is -1.87. The average Bonchev–Trinajstić information content (AvgIpc) is 2.49. The summed E-state index contributed by atoms with van der Waals surface area (Å²) in [6, 6.07) is 5.53. The predicted octanol–water partition coefficient (Wildman–Crippen LogP) is 2.13. The third-order valence-electron chi connectivity index (χ3n) is 1.55. The Morgan fingerprint density at radius 2 is 2.33 bits per heavy atom. The normalized spacial score (nSPS) is 10.5. The smallest absolute Gasteiger partial charge is 0.394 e. The summed E-state index contributed by atoms with van der Waals surface area (Å²) in [5.41, 5.74) is 1.43. The number of para-hydroxylation sites is 1. The molecule has 0 saturated heterocycles. The lowest BCUT2D eigenvalue weighted by atomic mass is 10.3. The van der Waals surface area contributed by atoms with Crippen molar-refractivity contribution in [1.29, 1.82) is 0 Å². The number of benzene rings is 1. The quantitative estimate of drug-likeness (QED) is 0.684. The van der Waals surface area contributed by atoms with E-state index < -0.39 is 0 Å². The lowest BCUT2D eigenvalue weighted by molar-refractivity contribution is 0.299. The highest BCUT2D eigenvalue weighted by Gasteiger charge is 2.06. The molecule has 0 fully saturated rings. The first kappa shape index (κ1) is 7.49. The van der Waals surface area contributed by atoms with Crippen molar-refractivity contribution in [3.8, 4) is 6.08 Å². The van der Waals surface area contributed by atoms with Gasteiger partial charge in [-0.25, -0.2) is 0 Å². The lowest BCUT2D eigenvalue weighted by Crippen LogP contribution is -1.79. The molecule has 1 aromatic carbocycles. The molecule has 0 bridgehead atoms. The number of hydrogen-bond acceptors (Lipinski definition) is 4. The summed E-state index contributed by atoms with van der Waals surface area (Å²) in [4.78, 5) is 4.86. The van der Waals surface area contributed by atoms with Gasteiger partial charge in [0.2, 0.25) is 0 Å². The number of hydrogen-bond donors (Lipinski definition) is 1. The molecule has 2 rings (SSSR count). The van der Waals surface area contributed by atoms with Gasteiger partial charge >= 0.3 is 6.08 Å². The van der Waals surface area contributed by atoms with Crippen LogP contribution < -0.4 is 4.74 Å². The molecule has 0 aliphatic rings. The first-order chi connectivity index (χ1) is 5.81. The number of ether oxygens (including phenoxy) is 1. The van der Waals surface area contributed by atoms with Crippen molar-refractivity contribution in [2.45, 2.75) is 4.90 Å². The minimum Gasteiger partial charge on any atom is -0.453 e. The molecule has 0 unspecified atom stereocenters. The molecule has 62 valence electrons. The van der Waals surface area contributed by atoms with Crippen LogP contribution in [0.5, 0.6) is 6.08 Å². The summed E-state index contributed by atoms with van der Waals surface area (Å²) in [5, 5.41) is 0. The van der Waals surface area contributed by atoms with Gasteiger partial charge in [0.1, 0.15) is 5.52 Å². The van der Waals surface area contributed by atoms with Crippen LogP contribution in [0.25, 0.3) is 11.1 Å². The van der Waals surface area contributed by atoms with Gasteiger partial charge in [0.15, 0.2) is 5.58 Å². The fourth-order valence-corrected chi connectivity index (χ4v) is 1.25. The van der Waals surface area contributed by atoms with Crippen molar-refractivity contribution < 1.29 is 9.15 Å². The Balaban J connectivity index is 2.74. The van der Waals surface area contributed by atoms with E-state index in [2.05, 4.69) is 17.6 Å². The standard InChI is InChI=1S/C8H7NO2S/c1-10-8-9-7-5(11-8)3-2-4-6(7)12/h2-4,12H,1H3. The van der Waals surface area contributed by atoms with Crippen LogP contribution in [0.3, 0.4) is 0 Å². The van der Waals surface area contributed by atoms with Gasteiger partial charge < -0.3 is 9.15 Å². The zero-order valence-electron chi connectivity index (χ0n) is 6.44. The fourth-order valence-electron chi connectivity index (χ4n) is 1.00. The molecule has 0 atom stereocenters. The maximum absolute atomic E-state index is 5.22. The van der Waals surface area contributed by atoms with Crippen LogP contribution in [0.4, 0.5) is 0 Å². The monoisotopic (exact) mass is 181 g/mol. The third kappa shape index (κ3) is 1.04. The van der Waals surface area contributed by atoms with Crippen LogP contribution in [0.1, 0.15) is 0 Å². The molecule has 0 saturated carbocycles. The Hall–Kier alpha value is -1.16. The van der Waals surface area contributed by atoms with Gasteiger partial charge in [-0.15, -0.1) is 12.6 Å². The van der Waals surface area contributed by atoms with Crippen LogP contribution in [-0.4, -0.2) is 12.1 Å². The van der Waals surface area contributed by atoms with Crippen molar-refractivity contribution in [3.05, 3.63) is 18.2 Å². The molecule has 0 aliphatic carbocycles. The maximum Gasteiger partial charge on any atom is 0.394 e. The van der Waals surface area contributed by atoms with Gasteiger partial charge in [-0.05, 0) is 12.1 Å². The SMILES string of the molecule is COc1nc2c(S)cccc2o1. The van der Waals surface area contributed by atoms with Crippen LogP contribution in [0.2, 0.25) is 0 Å². The number of thiol groups is 1. The third-order valence-corrected chi connectivity index (χ3v) is 1.91. The Morgan fingerprint density at radius 1 is 1.50 bits per heavy atom. The molecule has 0 spiro atoms. The van der Waals surface area contributed by atoms with Crippen molar-refractivity contribution in [3.63, 3.8) is 0 Å². The highest BCUT2D eigenvalue weighted by Crippen LogP contribution is 2.24. The van der Waals surface area contributed by atoms with Crippen LogP contribution >= 0.6 is 12.6 Å². The second-order valence-corrected chi connectivity index (χ2v) is 2.79. The largest absolute Gasteiger partial charge is 0.453 e. The predicted molar refractivity (Wildman–Crippen MR) is 47.8 cm³/mol. The molecule has 0 aliphatic heterocycles. The molecule has 2 aromatic rings. The van der Waals surface area contributed by atoms with Gasteiger partial charge in [-0.2, -0.15) is 4.98 Å². The summed E-state index contributed by atoms with van der Waals surface area (Å²) in [7, 11) is 1.52. The number of methoxy groups -OCH3 is 1. The maximum atomic E-state index is 5.22. The van der Waals surface area contributed by atoms with Gasteiger partial charge in [-0.1, -0.05) is 6.07 Å². The first-order valence-electron chi connectivity index (χ1n) is 3.44. The van der Waals surface area contributed by atoms with E-state index in [-0.39, 0.29) is 6.08 Å². The van der Waals surface area contributed by atoms with Crippen LogP contribution in [-0.2, 0) is 0 Å². The number of rotatable bonds is 1. The Labute approximate surface area is 74.8 Å². The van der Waals surface area contributed by atoms with E-state index in [0.717, 1.165) is 10.4 Å². The van der Waals surface area contributed by atoms with E-state index in [1.807, 2.05) is 18.2 Å². The van der Waals surface area contributed by atoms with E-state index in [4.69, 9.17) is 9.15 Å². The second-order valence-electron chi connectivity index (χ2n) is 2.31. The van der Waals surface area contributed by atoms with Crippen molar-refractivity contribution in [1.82, 2.24) is 4.98 Å². The summed E-state index contributed by atoms with van der Waals surface area (Å²) in [6.45, 7) is 0. The molecule has 1 aromatic heterocycles. The average molecular weight is 181 g/mol. The van der Waals surface area contributed by atoms with Crippen molar-refractivity contribution in [2.75, 3.05) is 7.11 Å². The highest BCUT2D eigenvalue weighted by atomic mass is 32.1. The minimum atomic E-state index is 0.270. The van der Waals surface area contributed by atoms with Crippen LogP contribution in [0.15, 0.2) is 27.5 Å². The molecular formula is C8H7NO2S. The molecule has 3 nitrogen and oxygen atoms in total. The number of nitrogens with zero attached hydrogens (tertiary/aromatic N) is 1. The van der Waals surface area contributed by atoms with Crippen LogP contribution in [0, 0.1) is 0 Å². The summed E-state index contributed by atoms with van der Waals surface area (Å²) in [6.07, 6.45) is 0.270. The van der Waals surface area contributed by atoms with Crippen molar-refractivity contribution in [2.24, 2.45) is 0 Å². The number of aromatic nitrogens is 1. The van der Waals surface area contributed by atoms with Gasteiger partial charge in [-0.3, -0.25) is 0 Å². The molecule has 1 heterocycles. The molecule has 0 amide bonds. The summed E-state index contributed by atoms with van der Waals surface area (Å²) in [5.74, 6) is 0. The van der Waals surface area contributed by atoms with E-state index in [0.29, 0.717) is 5.58 Å². The second kappa shape index (κ2) is 2.71. The van der Waals surface area contributed by atoms with E-state index in [1.165, 1.54) is 7.11 Å². The van der Waals surface area contributed by atoms with E-state index >= 15 is 0 Å². The van der Waals surface area contributed by atoms with E-state index in [1.54, 1.807) is 0 Å². The summed E-state index contributed by atoms with van der Waals surface area (Å²) < 4.78 is 10.1. The number of oxazole rings is 1. The number of fused-ring (bicyclic) bond motifs is 1. The minimum absolute atomic E-state index is 0.270. The van der Waals surface area contributed by atoms with E-state index in [9.17, 15) is 0 Å². The molecule has 0 N–H and O–H groups in total. The Morgan fingerprint density at radius 3 is 3.00 bits per heavy atom. The molecule has 0 radical (unpaired) electrons. The van der Waals surface area contributed by atoms with Gasteiger partial charge in [0.05, 0.1) is 7.11 Å². The molecule has 12 heavy (non-hydrogen) atoms. The zero-order valence-corrected chi connectivity index (χ0v) is 7.34. The van der Waals surface area contributed by atoms with Gasteiger partial charge in [0, 0.05) is 4.90 Å².